The van der Waals surface area contributed by atoms with E-state index in [4.69, 9.17) is 5.73 Å². The molecule has 0 aliphatic heterocycles. The van der Waals surface area contributed by atoms with Gasteiger partial charge in [0.2, 0.25) is 0 Å². The van der Waals surface area contributed by atoms with E-state index in [2.05, 4.69) is 15.2 Å². The van der Waals surface area contributed by atoms with Crippen LogP contribution in [0.15, 0.2) is 24.4 Å². The Morgan fingerprint density at radius 1 is 1.47 bits per heavy atom. The van der Waals surface area contributed by atoms with Crippen molar-refractivity contribution in [3.05, 3.63) is 41.3 Å². The van der Waals surface area contributed by atoms with Crippen molar-refractivity contribution in [3.8, 4) is 0 Å². The Morgan fingerprint density at radius 2 is 2.33 bits per heavy atom. The second-order valence-corrected chi connectivity index (χ2v) is 3.15. The van der Waals surface area contributed by atoms with Crippen LogP contribution in [-0.4, -0.2) is 21.5 Å². The second kappa shape index (κ2) is 3.91. The van der Waals surface area contributed by atoms with Crippen LogP contribution in [0.5, 0.6) is 0 Å². The Kier molecular flexibility index (Phi) is 2.45. The summed E-state index contributed by atoms with van der Waals surface area (Å²) in [6.07, 6.45) is 2.79. The largest absolute Gasteiger partial charge is 0.384 e. The molecular weight excluding hydrogens is 192 g/mol. The maximum Gasteiger partial charge on any atom is 0.153 e. The lowest BCUT2D eigenvalue weighted by atomic mass is 10.1. The summed E-state index contributed by atoms with van der Waals surface area (Å²) in [6, 6.07) is 5.40. The number of aromatic nitrogens is 3. The number of hydrogen-bond donors (Lipinski definition) is 2. The van der Waals surface area contributed by atoms with E-state index in [0.29, 0.717) is 17.8 Å². The SMILES string of the molecule is Nc1cccc(Cc2[nH]ncc2C=O)n1. The molecule has 0 aliphatic rings. The number of nitrogens with two attached hydrogens (primary N) is 1. The number of nitrogen functional groups attached to an aromatic ring is 1. The van der Waals surface area contributed by atoms with Gasteiger partial charge in [0, 0.05) is 12.1 Å². The zero-order chi connectivity index (χ0) is 10.7. The molecule has 15 heavy (non-hydrogen) atoms. The van der Waals surface area contributed by atoms with Gasteiger partial charge in [-0.2, -0.15) is 5.10 Å². The number of H-pyrrole nitrogens is 1. The summed E-state index contributed by atoms with van der Waals surface area (Å²) in [5.41, 5.74) is 7.67. The molecule has 2 rings (SSSR count). The highest BCUT2D eigenvalue weighted by Gasteiger charge is 2.05. The molecule has 0 atom stereocenters. The summed E-state index contributed by atoms with van der Waals surface area (Å²) < 4.78 is 0. The van der Waals surface area contributed by atoms with Gasteiger partial charge < -0.3 is 5.73 Å². The van der Waals surface area contributed by atoms with Crippen molar-refractivity contribution in [2.24, 2.45) is 0 Å². The van der Waals surface area contributed by atoms with Crippen LogP contribution in [-0.2, 0) is 6.42 Å². The summed E-state index contributed by atoms with van der Waals surface area (Å²) in [5.74, 6) is 0.472. The average Bonchev–Trinajstić information content (AvgIpc) is 2.65. The Morgan fingerprint density at radius 3 is 3.07 bits per heavy atom. The first-order valence-corrected chi connectivity index (χ1v) is 4.48. The molecule has 0 unspecified atom stereocenters. The van der Waals surface area contributed by atoms with Crippen molar-refractivity contribution in [2.75, 3.05) is 5.73 Å². The van der Waals surface area contributed by atoms with Crippen LogP contribution in [0.4, 0.5) is 5.82 Å². The number of anilines is 1. The predicted octanol–water partition coefficient (Wildman–Crippen LogP) is 0.790. The van der Waals surface area contributed by atoms with Crippen molar-refractivity contribution in [1.82, 2.24) is 15.2 Å². The fraction of sp³-hybridized carbons (Fsp3) is 0.100. The number of hydrogen-bond acceptors (Lipinski definition) is 4. The fourth-order valence-electron chi connectivity index (χ4n) is 1.34. The number of carbonyl (C=O) groups excluding carboxylic acids is 1. The van der Waals surface area contributed by atoms with E-state index < -0.39 is 0 Å². The van der Waals surface area contributed by atoms with E-state index in [0.717, 1.165) is 17.7 Å². The summed E-state index contributed by atoms with van der Waals surface area (Å²) >= 11 is 0. The lowest BCUT2D eigenvalue weighted by molar-refractivity contribution is 0.112. The molecule has 76 valence electrons. The molecule has 2 aromatic rings. The van der Waals surface area contributed by atoms with Crippen LogP contribution in [0, 0.1) is 0 Å². The first-order valence-electron chi connectivity index (χ1n) is 4.48. The third kappa shape index (κ3) is 2.01. The van der Waals surface area contributed by atoms with Gasteiger partial charge in [-0.1, -0.05) is 6.07 Å². The Bertz CT molecular complexity index is 478. The van der Waals surface area contributed by atoms with Crippen molar-refractivity contribution < 1.29 is 4.79 Å². The van der Waals surface area contributed by atoms with Crippen LogP contribution < -0.4 is 5.73 Å². The van der Waals surface area contributed by atoms with Gasteiger partial charge in [-0.3, -0.25) is 9.89 Å². The fourth-order valence-corrected chi connectivity index (χ4v) is 1.34. The van der Waals surface area contributed by atoms with Crippen LogP contribution >= 0.6 is 0 Å². The number of aldehydes is 1. The molecule has 2 heterocycles. The third-order valence-electron chi connectivity index (χ3n) is 2.06. The zero-order valence-electron chi connectivity index (χ0n) is 7.97. The van der Waals surface area contributed by atoms with E-state index in [1.54, 1.807) is 6.07 Å². The molecule has 3 N–H and O–H groups in total. The highest BCUT2D eigenvalue weighted by molar-refractivity contribution is 5.76. The van der Waals surface area contributed by atoms with Gasteiger partial charge in [0.05, 0.1) is 17.5 Å². The Labute approximate surface area is 86.3 Å². The van der Waals surface area contributed by atoms with Crippen molar-refractivity contribution in [2.45, 2.75) is 6.42 Å². The van der Waals surface area contributed by atoms with Gasteiger partial charge in [0.15, 0.2) is 6.29 Å². The maximum atomic E-state index is 10.6. The Balaban J connectivity index is 2.25. The van der Waals surface area contributed by atoms with Gasteiger partial charge in [-0.05, 0) is 12.1 Å². The molecule has 5 heteroatoms. The van der Waals surface area contributed by atoms with Gasteiger partial charge >= 0.3 is 0 Å². The second-order valence-electron chi connectivity index (χ2n) is 3.15. The van der Waals surface area contributed by atoms with Crippen LogP contribution in [0.1, 0.15) is 21.7 Å². The van der Waals surface area contributed by atoms with Crippen molar-refractivity contribution in [1.29, 1.82) is 0 Å². The van der Waals surface area contributed by atoms with Gasteiger partial charge in [0.25, 0.3) is 0 Å². The molecule has 5 nitrogen and oxygen atoms in total. The van der Waals surface area contributed by atoms with Gasteiger partial charge in [0.1, 0.15) is 5.82 Å². The van der Waals surface area contributed by atoms with Gasteiger partial charge in [-0.25, -0.2) is 4.98 Å². The predicted molar refractivity (Wildman–Crippen MR) is 55.4 cm³/mol. The van der Waals surface area contributed by atoms with Crippen molar-refractivity contribution >= 4 is 12.1 Å². The zero-order valence-corrected chi connectivity index (χ0v) is 7.97. The van der Waals surface area contributed by atoms with E-state index in [1.807, 2.05) is 12.1 Å². The molecule has 0 bridgehead atoms. The highest BCUT2D eigenvalue weighted by Crippen LogP contribution is 2.09. The van der Waals surface area contributed by atoms with E-state index in [1.165, 1.54) is 6.20 Å². The molecular formula is C10H10N4O. The number of rotatable bonds is 3. The highest BCUT2D eigenvalue weighted by atomic mass is 16.1. The number of nitrogens with zero attached hydrogens (tertiary/aromatic N) is 2. The van der Waals surface area contributed by atoms with E-state index >= 15 is 0 Å². The summed E-state index contributed by atoms with van der Waals surface area (Å²) in [6.45, 7) is 0. The monoisotopic (exact) mass is 202 g/mol. The topological polar surface area (TPSA) is 84.7 Å². The molecule has 0 aliphatic carbocycles. The molecule has 2 aromatic heterocycles. The molecule has 0 fully saturated rings. The minimum absolute atomic E-state index is 0.472. The first-order chi connectivity index (χ1) is 7.29. The minimum atomic E-state index is 0.472. The average molecular weight is 202 g/mol. The Hall–Kier alpha value is -2.17. The van der Waals surface area contributed by atoms with Gasteiger partial charge in [-0.15, -0.1) is 0 Å². The molecule has 0 aromatic carbocycles. The molecule has 0 saturated heterocycles. The third-order valence-corrected chi connectivity index (χ3v) is 2.06. The molecule has 0 spiro atoms. The van der Waals surface area contributed by atoms with Crippen LogP contribution in [0.25, 0.3) is 0 Å². The first kappa shape index (κ1) is 9.39. The van der Waals surface area contributed by atoms with Crippen LogP contribution in [0.2, 0.25) is 0 Å². The van der Waals surface area contributed by atoms with Crippen molar-refractivity contribution in [3.63, 3.8) is 0 Å². The molecule has 0 saturated carbocycles. The van der Waals surface area contributed by atoms with E-state index in [9.17, 15) is 4.79 Å². The smallest absolute Gasteiger partial charge is 0.153 e. The quantitative estimate of drug-likeness (QED) is 0.720. The summed E-state index contributed by atoms with van der Waals surface area (Å²) in [7, 11) is 0. The van der Waals surface area contributed by atoms with E-state index in [-0.39, 0.29) is 0 Å². The lowest BCUT2D eigenvalue weighted by Crippen LogP contribution is -1.98. The number of aromatic amines is 1. The minimum Gasteiger partial charge on any atom is -0.384 e. The maximum absolute atomic E-state index is 10.6. The van der Waals surface area contributed by atoms with Crippen LogP contribution in [0.3, 0.4) is 0 Å². The standard InChI is InChI=1S/C10H10N4O/c11-10-3-1-2-8(13-10)4-9-7(6-15)5-12-14-9/h1-3,5-6H,4H2,(H2,11,13)(H,12,14). The number of nitrogens with one attached hydrogen (secondary N) is 1. The lowest BCUT2D eigenvalue weighted by Gasteiger charge is -1.99. The summed E-state index contributed by atoms with van der Waals surface area (Å²) in [4.78, 5) is 14.8. The summed E-state index contributed by atoms with van der Waals surface area (Å²) in [5, 5.41) is 6.56. The molecule has 0 radical (unpaired) electrons. The number of carbonyl (C=O) groups is 1. The number of pyridine rings is 1. The molecule has 0 amide bonds. The normalized spacial score (nSPS) is 10.1.